The zero-order valence-corrected chi connectivity index (χ0v) is 31.0. The number of hydrogen-bond acceptors (Lipinski definition) is 9. The second kappa shape index (κ2) is 16.9. The number of ether oxygens (including phenoxy) is 1. The van der Waals surface area contributed by atoms with E-state index in [-0.39, 0.29) is 22.1 Å². The monoisotopic (exact) mass is 745 g/mol. The highest BCUT2D eigenvalue weighted by atomic mass is 32.2. The first-order valence-electron chi connectivity index (χ1n) is 15.3. The zero-order chi connectivity index (χ0) is 35.7. The molecule has 0 heterocycles. The molecule has 1 unspecified atom stereocenters. The Hall–Kier alpha value is -4.49. The van der Waals surface area contributed by atoms with Gasteiger partial charge in [-0.25, -0.2) is 13.3 Å². The Morgan fingerprint density at radius 3 is 2.02 bits per heavy atom. The second-order valence-electron chi connectivity index (χ2n) is 11.2. The molecule has 0 fully saturated rings. The third-order valence-corrected chi connectivity index (χ3v) is 11.1. The third-order valence-electron chi connectivity index (χ3n) is 7.11. The van der Waals surface area contributed by atoms with Crippen LogP contribution >= 0.6 is 23.7 Å². The van der Waals surface area contributed by atoms with Crippen LogP contribution in [0.5, 0.6) is 17.2 Å². The van der Waals surface area contributed by atoms with Gasteiger partial charge in [-0.1, -0.05) is 71.3 Å². The van der Waals surface area contributed by atoms with Crippen molar-refractivity contribution in [1.82, 2.24) is 4.31 Å². The van der Waals surface area contributed by atoms with Gasteiger partial charge in [-0.15, -0.1) is 11.8 Å². The molecule has 8 nitrogen and oxygen atoms in total. The minimum atomic E-state index is -3.93. The first-order valence-corrected chi connectivity index (χ1v) is 19.6. The molecule has 0 N–H and O–H groups in total. The molecule has 0 aliphatic carbocycles. The summed E-state index contributed by atoms with van der Waals surface area (Å²) in [6.07, 6.45) is 1.23. The molecule has 1 atom stereocenters. The molecule has 0 saturated carbocycles. The maximum Gasteiger partial charge on any atom is 0.425 e. The molecule has 0 aliphatic heterocycles. The number of nitrogens with zero attached hydrogens (tertiary/aromatic N) is 1. The van der Waals surface area contributed by atoms with Crippen molar-refractivity contribution >= 4 is 57.1 Å². The maximum absolute atomic E-state index is 13.1. The third kappa shape index (κ3) is 10.5. The Labute approximate surface area is 304 Å². The van der Waals surface area contributed by atoms with Crippen molar-refractivity contribution in [2.45, 2.75) is 41.2 Å². The quantitative estimate of drug-likeness (QED) is 0.0862. The predicted octanol–water partition coefficient (Wildman–Crippen LogP) is 9.52. The number of hydrogen-bond donors (Lipinski definition) is 0. The Bertz CT molecular complexity index is 2080. The van der Waals surface area contributed by atoms with Crippen LogP contribution in [0.25, 0.3) is 6.08 Å². The van der Waals surface area contributed by atoms with E-state index in [1.54, 1.807) is 61.6 Å². The lowest BCUT2D eigenvalue weighted by molar-refractivity contribution is 0.186. The van der Waals surface area contributed by atoms with E-state index in [1.165, 1.54) is 40.1 Å². The lowest BCUT2D eigenvalue weighted by Gasteiger charge is -2.17. The van der Waals surface area contributed by atoms with Crippen molar-refractivity contribution in [2.24, 2.45) is 0 Å². The van der Waals surface area contributed by atoms with E-state index < -0.39 is 27.3 Å². The van der Waals surface area contributed by atoms with Gasteiger partial charge in [0.15, 0.2) is 11.5 Å². The van der Waals surface area contributed by atoms with Gasteiger partial charge in [0.25, 0.3) is 0 Å². The Morgan fingerprint density at radius 2 is 1.38 bits per heavy atom. The molecule has 5 rings (SSSR count). The summed E-state index contributed by atoms with van der Waals surface area (Å²) < 4.78 is 56.5. The Balaban J connectivity index is 1.24. The molecular weight excluding hydrogens is 711 g/mol. The van der Waals surface area contributed by atoms with E-state index >= 15 is 0 Å². The first kappa shape index (κ1) is 36.8. The van der Waals surface area contributed by atoms with E-state index in [4.69, 9.17) is 13.1 Å². The van der Waals surface area contributed by atoms with Crippen molar-refractivity contribution in [3.63, 3.8) is 0 Å². The highest BCUT2D eigenvalue weighted by Gasteiger charge is 2.19. The van der Waals surface area contributed by atoms with Crippen molar-refractivity contribution in [1.29, 1.82) is 0 Å². The van der Waals surface area contributed by atoms with Gasteiger partial charge in [0, 0.05) is 17.7 Å². The number of amides is 1. The Kier molecular flexibility index (Phi) is 12.5. The van der Waals surface area contributed by atoms with Crippen LogP contribution in [0.1, 0.15) is 27.8 Å². The second-order valence-corrected chi connectivity index (χ2v) is 16.0. The smallest absolute Gasteiger partial charge is 0.406 e. The van der Waals surface area contributed by atoms with Crippen LogP contribution in [0, 0.1) is 20.8 Å². The van der Waals surface area contributed by atoms with Crippen LogP contribution in [0.4, 0.5) is 4.79 Å². The molecule has 258 valence electrons. The number of thioether (sulfide) groups is 1. The van der Waals surface area contributed by atoms with E-state index in [1.807, 2.05) is 80.8 Å². The van der Waals surface area contributed by atoms with Crippen LogP contribution in [0.3, 0.4) is 0 Å². The summed E-state index contributed by atoms with van der Waals surface area (Å²) in [5.74, 6) is 1.12. The van der Waals surface area contributed by atoms with Gasteiger partial charge in [0.05, 0.1) is 4.90 Å². The number of carbonyl (C=O) groups excluding carboxylic acids is 1. The molecule has 0 spiro atoms. The van der Waals surface area contributed by atoms with Crippen LogP contribution in [-0.2, 0) is 27.0 Å². The highest BCUT2D eigenvalue weighted by molar-refractivity contribution is 8.01. The molecule has 0 radical (unpaired) electrons. The van der Waals surface area contributed by atoms with Crippen LogP contribution in [0.2, 0.25) is 0 Å². The zero-order valence-electron chi connectivity index (χ0n) is 27.8. The van der Waals surface area contributed by atoms with Gasteiger partial charge in [-0.3, -0.25) is 0 Å². The Morgan fingerprint density at radius 1 is 0.780 bits per heavy atom. The molecule has 1 amide bonds. The SMILES string of the molecule is Cc1ccc(SN(C)C(=O)Oc2cc(/C=C/SCc3ccc(OS(=O)(=O)c4ccc(C)cc4)cc3)ccc2OS(=O)c2ccc(C)cc2)cc1. The van der Waals surface area contributed by atoms with Gasteiger partial charge in [-0.05, 0) is 116 Å². The van der Waals surface area contributed by atoms with E-state index in [9.17, 15) is 17.4 Å². The maximum atomic E-state index is 13.1. The molecule has 0 bridgehead atoms. The van der Waals surface area contributed by atoms with Gasteiger partial charge >= 0.3 is 16.2 Å². The molecular formula is C38H35NO7S4. The minimum Gasteiger partial charge on any atom is -0.406 e. The van der Waals surface area contributed by atoms with Crippen molar-refractivity contribution in [2.75, 3.05) is 7.05 Å². The summed E-state index contributed by atoms with van der Waals surface area (Å²) in [5.41, 5.74) is 4.79. The van der Waals surface area contributed by atoms with E-state index in [0.717, 1.165) is 32.7 Å². The lowest BCUT2D eigenvalue weighted by atomic mass is 10.2. The van der Waals surface area contributed by atoms with Crippen LogP contribution in [-0.4, -0.2) is 30.1 Å². The predicted molar refractivity (Wildman–Crippen MR) is 201 cm³/mol. The summed E-state index contributed by atoms with van der Waals surface area (Å²) in [6, 6.07) is 33.3. The normalized spacial score (nSPS) is 12.0. The standard InChI is InChI=1S/C38H35NO7S4/c1-27-5-16-33(17-6-27)48-39(4)38(40)44-37-25-30(13-22-36(37)45-49(41)34-18-7-28(2)8-19-34)23-24-47-26-31-11-14-32(15-12-31)46-50(42,43)35-20-9-29(3)10-21-35/h5-25H,26H2,1-4H3/b24-23+. The summed E-state index contributed by atoms with van der Waals surface area (Å²) in [6.45, 7) is 5.81. The highest BCUT2D eigenvalue weighted by Crippen LogP contribution is 2.33. The first-order chi connectivity index (χ1) is 23.9. The molecule has 5 aromatic carbocycles. The topological polar surface area (TPSA) is 99.2 Å². The number of aryl methyl sites for hydroxylation is 3. The van der Waals surface area contributed by atoms with Crippen molar-refractivity contribution in [3.8, 4) is 17.2 Å². The van der Waals surface area contributed by atoms with Gasteiger partial charge < -0.3 is 13.1 Å². The van der Waals surface area contributed by atoms with Gasteiger partial charge in [0.1, 0.15) is 10.6 Å². The van der Waals surface area contributed by atoms with Gasteiger partial charge in [0.2, 0.25) is 11.1 Å². The minimum absolute atomic E-state index is 0.0954. The number of benzene rings is 5. The fraction of sp³-hybridized carbons (Fsp3) is 0.132. The molecule has 0 aromatic heterocycles. The fourth-order valence-corrected chi connectivity index (χ4v) is 7.41. The summed E-state index contributed by atoms with van der Waals surface area (Å²) >= 11 is 0.902. The summed E-state index contributed by atoms with van der Waals surface area (Å²) in [7, 11) is -2.32. The van der Waals surface area contributed by atoms with Crippen molar-refractivity contribution < 1.29 is 30.5 Å². The number of carbonyl (C=O) groups is 1. The molecule has 5 aromatic rings. The van der Waals surface area contributed by atoms with E-state index in [2.05, 4.69) is 0 Å². The van der Waals surface area contributed by atoms with Crippen molar-refractivity contribution in [3.05, 3.63) is 148 Å². The average Bonchev–Trinajstić information content (AvgIpc) is 3.09. The van der Waals surface area contributed by atoms with Crippen LogP contribution in [0.15, 0.2) is 135 Å². The largest absolute Gasteiger partial charge is 0.425 e. The van der Waals surface area contributed by atoms with Gasteiger partial charge in [-0.2, -0.15) is 8.42 Å². The molecule has 0 saturated heterocycles. The lowest BCUT2D eigenvalue weighted by Crippen LogP contribution is -2.23. The number of rotatable bonds is 13. The summed E-state index contributed by atoms with van der Waals surface area (Å²) in [5, 5.41) is 1.90. The fourth-order valence-electron chi connectivity index (χ4n) is 4.30. The van der Waals surface area contributed by atoms with Crippen LogP contribution < -0.4 is 13.1 Å². The van der Waals surface area contributed by atoms with E-state index in [0.29, 0.717) is 10.6 Å². The molecule has 50 heavy (non-hydrogen) atoms. The molecule has 0 aliphatic rings. The molecule has 12 heteroatoms. The average molecular weight is 746 g/mol. The summed E-state index contributed by atoms with van der Waals surface area (Å²) in [4.78, 5) is 14.6.